The largest absolute Gasteiger partial charge is 0.314 e. The van der Waals surface area contributed by atoms with Gasteiger partial charge in [0.05, 0.1) is 0 Å². The lowest BCUT2D eigenvalue weighted by molar-refractivity contribution is 0.233. The van der Waals surface area contributed by atoms with Gasteiger partial charge in [-0.2, -0.15) is 0 Å². The molecule has 0 radical (unpaired) electrons. The number of hydrogen-bond donors (Lipinski definition) is 1. The lowest BCUT2D eigenvalue weighted by atomic mass is 10.1. The van der Waals surface area contributed by atoms with Crippen LogP contribution in [0, 0.1) is 6.92 Å². The molecule has 1 N–H and O–H groups in total. The Balaban J connectivity index is 2.48. The Morgan fingerprint density at radius 3 is 2.93 bits per heavy atom. The van der Waals surface area contributed by atoms with E-state index in [1.807, 2.05) is 18.3 Å². The first-order valence-corrected chi connectivity index (χ1v) is 4.44. The third-order valence-electron chi connectivity index (χ3n) is 1.93. The van der Waals surface area contributed by atoms with E-state index in [1.165, 1.54) is 0 Å². The minimum Gasteiger partial charge on any atom is -0.314 e. The van der Waals surface area contributed by atoms with E-state index in [9.17, 15) is 0 Å². The van der Waals surface area contributed by atoms with Crippen LogP contribution in [0.5, 0.6) is 0 Å². The molecular weight excluding hydrogens is 172 g/mol. The fraction of sp³-hybridized carbons (Fsp3) is 0.500. The number of piperazine rings is 1. The molecule has 1 saturated heterocycles. The van der Waals surface area contributed by atoms with E-state index in [0.717, 1.165) is 5.56 Å². The van der Waals surface area contributed by atoms with Crippen LogP contribution in [-0.4, -0.2) is 30.9 Å². The smallest absolute Gasteiger partial charge is 0.0444 e. The standard InChI is InChI=1S/C12H18N2/c1-11-3-2-4-12(9-11)10-14-7-5-13-6-8-14/h2-4,9,13H,5-8,10H2,1H3/i5D2,6D2,7D2,8D2. The van der Waals surface area contributed by atoms with E-state index in [-0.39, 0.29) is 6.54 Å². The molecule has 2 rings (SSSR count). The number of rotatable bonds is 2. The van der Waals surface area contributed by atoms with Crippen LogP contribution in [0.2, 0.25) is 0 Å². The summed E-state index contributed by atoms with van der Waals surface area (Å²) in [7, 11) is 0. The summed E-state index contributed by atoms with van der Waals surface area (Å²) in [6.45, 7) is -9.36. The summed E-state index contributed by atoms with van der Waals surface area (Å²) >= 11 is 0. The van der Waals surface area contributed by atoms with Crippen LogP contribution < -0.4 is 5.32 Å². The molecule has 1 aromatic rings. The zero-order chi connectivity index (χ0) is 17.0. The van der Waals surface area contributed by atoms with Crippen LogP contribution in [-0.2, 0) is 6.54 Å². The normalized spacial score (nSPS) is 41.2. The SMILES string of the molecule is [2H]C1([2H])NC([2H])([2H])C([2H])([2H])N(Cc2cccc(C)c2)C1([2H])[2H]. The summed E-state index contributed by atoms with van der Waals surface area (Å²) in [5, 5.41) is 1.81. The molecule has 0 aromatic heterocycles. The summed E-state index contributed by atoms with van der Waals surface area (Å²) in [6, 6.07) is 6.98. The molecule has 2 heteroatoms. The molecule has 0 bridgehead atoms. The molecule has 1 aliphatic rings. The second-order valence-corrected chi connectivity index (χ2v) is 3.17. The number of benzene rings is 1. The molecule has 1 heterocycles. The van der Waals surface area contributed by atoms with Crippen molar-refractivity contribution in [2.45, 2.75) is 13.5 Å². The Morgan fingerprint density at radius 2 is 2.21 bits per heavy atom. The second kappa shape index (κ2) is 4.58. The van der Waals surface area contributed by atoms with E-state index in [4.69, 9.17) is 11.0 Å². The first-order valence-electron chi connectivity index (χ1n) is 8.44. The summed E-state index contributed by atoms with van der Waals surface area (Å²) < 4.78 is 62.8. The van der Waals surface area contributed by atoms with Crippen LogP contribution in [0.4, 0.5) is 0 Å². The van der Waals surface area contributed by atoms with Gasteiger partial charge in [0.2, 0.25) is 0 Å². The molecule has 1 aromatic carbocycles. The van der Waals surface area contributed by atoms with Crippen molar-refractivity contribution in [3.8, 4) is 0 Å². The number of nitrogens with one attached hydrogen (secondary N) is 1. The molecular formula is C12H18N2. The molecule has 1 aliphatic heterocycles. The maximum Gasteiger partial charge on any atom is 0.0444 e. The third kappa shape index (κ3) is 2.56. The highest BCUT2D eigenvalue weighted by molar-refractivity contribution is 5.22. The highest BCUT2D eigenvalue weighted by Gasteiger charge is 2.09. The Morgan fingerprint density at radius 1 is 1.43 bits per heavy atom. The fourth-order valence-electron chi connectivity index (χ4n) is 1.32. The number of nitrogens with zero attached hydrogens (tertiary/aromatic N) is 1. The molecule has 0 aliphatic carbocycles. The van der Waals surface area contributed by atoms with Crippen molar-refractivity contribution in [2.75, 3.05) is 26.0 Å². The molecule has 0 unspecified atom stereocenters. The third-order valence-corrected chi connectivity index (χ3v) is 1.93. The summed E-state index contributed by atoms with van der Waals surface area (Å²) in [5.74, 6) is 0. The van der Waals surface area contributed by atoms with Crippen molar-refractivity contribution < 1.29 is 11.0 Å². The van der Waals surface area contributed by atoms with Gasteiger partial charge in [-0.15, -0.1) is 0 Å². The molecule has 0 spiro atoms. The summed E-state index contributed by atoms with van der Waals surface area (Å²) in [6.07, 6.45) is 0. The summed E-state index contributed by atoms with van der Waals surface area (Å²) in [5.41, 5.74) is 1.49. The van der Waals surface area contributed by atoms with Crippen LogP contribution in [0.3, 0.4) is 0 Å². The quantitative estimate of drug-likeness (QED) is 0.773. The monoisotopic (exact) mass is 198 g/mol. The predicted octanol–water partition coefficient (Wildman–Crippen LogP) is 1.40. The molecule has 1 fully saturated rings. The predicted molar refractivity (Wildman–Crippen MR) is 59.3 cm³/mol. The van der Waals surface area contributed by atoms with Crippen molar-refractivity contribution in [1.82, 2.24) is 10.2 Å². The van der Waals surface area contributed by atoms with Gasteiger partial charge in [0.25, 0.3) is 0 Å². The van der Waals surface area contributed by atoms with Gasteiger partial charge in [-0.1, -0.05) is 29.8 Å². The van der Waals surface area contributed by atoms with Crippen LogP contribution in [0.25, 0.3) is 0 Å². The average molecular weight is 198 g/mol. The lowest BCUT2D eigenvalue weighted by Gasteiger charge is -2.27. The van der Waals surface area contributed by atoms with Crippen molar-refractivity contribution in [3.63, 3.8) is 0 Å². The zero-order valence-electron chi connectivity index (χ0n) is 16.0. The average Bonchev–Trinajstić information content (AvgIpc) is 2.32. The number of aryl methyl sites for hydroxylation is 1. The minimum absolute atomic E-state index is 0.248. The number of hydrogen-bond acceptors (Lipinski definition) is 2. The van der Waals surface area contributed by atoms with Crippen molar-refractivity contribution in [1.29, 1.82) is 0 Å². The molecule has 76 valence electrons. The van der Waals surface area contributed by atoms with Crippen LogP contribution in [0.1, 0.15) is 22.1 Å². The first-order chi connectivity index (χ1) is 9.81. The summed E-state index contributed by atoms with van der Waals surface area (Å²) in [4.78, 5) is 0.602. The Hall–Kier alpha value is -0.860. The highest BCUT2D eigenvalue weighted by atomic mass is 15.2. The van der Waals surface area contributed by atoms with E-state index >= 15 is 0 Å². The fourth-order valence-corrected chi connectivity index (χ4v) is 1.32. The van der Waals surface area contributed by atoms with E-state index < -0.39 is 26.0 Å². The van der Waals surface area contributed by atoms with Gasteiger partial charge in [-0.3, -0.25) is 4.90 Å². The van der Waals surface area contributed by atoms with Gasteiger partial charge in [0.15, 0.2) is 0 Å². The van der Waals surface area contributed by atoms with E-state index in [2.05, 4.69) is 0 Å². The molecule has 0 atom stereocenters. The van der Waals surface area contributed by atoms with Gasteiger partial charge < -0.3 is 5.32 Å². The van der Waals surface area contributed by atoms with Crippen LogP contribution in [0.15, 0.2) is 24.3 Å². The van der Waals surface area contributed by atoms with Crippen molar-refractivity contribution in [3.05, 3.63) is 35.4 Å². The van der Waals surface area contributed by atoms with Gasteiger partial charge in [-0.05, 0) is 12.5 Å². The molecule has 0 saturated carbocycles. The molecule has 14 heavy (non-hydrogen) atoms. The van der Waals surface area contributed by atoms with Crippen molar-refractivity contribution in [2.24, 2.45) is 0 Å². The van der Waals surface area contributed by atoms with Crippen molar-refractivity contribution >= 4 is 0 Å². The zero-order valence-corrected chi connectivity index (χ0v) is 7.96. The Bertz CT molecular complexity index is 546. The Labute approximate surface area is 97.2 Å². The van der Waals surface area contributed by atoms with Gasteiger partial charge in [0, 0.05) is 43.5 Å². The highest BCUT2D eigenvalue weighted by Crippen LogP contribution is 2.07. The van der Waals surface area contributed by atoms with Crippen LogP contribution >= 0.6 is 0 Å². The maximum atomic E-state index is 7.97. The second-order valence-electron chi connectivity index (χ2n) is 3.17. The van der Waals surface area contributed by atoms with Gasteiger partial charge in [0.1, 0.15) is 0 Å². The van der Waals surface area contributed by atoms with Gasteiger partial charge in [-0.25, -0.2) is 0 Å². The lowest BCUT2D eigenvalue weighted by Crippen LogP contribution is -2.42. The van der Waals surface area contributed by atoms with E-state index in [0.29, 0.717) is 10.5 Å². The minimum atomic E-state index is -2.74. The topological polar surface area (TPSA) is 15.3 Å². The first kappa shape index (κ1) is 3.95. The Kier molecular flexibility index (Phi) is 1.29. The molecule has 2 nitrogen and oxygen atoms in total. The maximum absolute atomic E-state index is 7.97. The van der Waals surface area contributed by atoms with E-state index in [1.54, 1.807) is 18.2 Å². The molecule has 0 amide bonds. The van der Waals surface area contributed by atoms with Gasteiger partial charge >= 0.3 is 0 Å².